The van der Waals surface area contributed by atoms with Crippen molar-refractivity contribution in [3.63, 3.8) is 0 Å². The summed E-state index contributed by atoms with van der Waals surface area (Å²) in [7, 11) is 0. The maximum absolute atomic E-state index is 11.0. The monoisotopic (exact) mass is 259 g/mol. The average Bonchev–Trinajstić information content (AvgIpc) is 2.77. The van der Waals surface area contributed by atoms with Crippen LogP contribution in [0.1, 0.15) is 56.6 Å². The van der Waals surface area contributed by atoms with E-state index in [1.165, 1.54) is 31.2 Å². The first-order valence-electron chi connectivity index (χ1n) is 7.77. The van der Waals surface area contributed by atoms with Crippen LogP contribution in [0, 0.1) is 0 Å². The highest BCUT2D eigenvalue weighted by Gasteiger charge is 2.43. The van der Waals surface area contributed by atoms with Crippen molar-refractivity contribution in [2.45, 2.75) is 69.6 Å². The Labute approximate surface area is 116 Å². The molecule has 0 radical (unpaired) electrons. The summed E-state index contributed by atoms with van der Waals surface area (Å²) in [6.07, 6.45) is 7.83. The third-order valence-electron chi connectivity index (χ3n) is 4.81. The topological polar surface area (TPSA) is 32.3 Å². The van der Waals surface area contributed by atoms with Crippen molar-refractivity contribution in [1.29, 1.82) is 0 Å². The predicted molar refractivity (Wildman–Crippen MR) is 78.1 cm³/mol. The van der Waals surface area contributed by atoms with Gasteiger partial charge in [-0.25, -0.2) is 0 Å². The highest BCUT2D eigenvalue weighted by atomic mass is 16.3. The lowest BCUT2D eigenvalue weighted by molar-refractivity contribution is -0.0114. The molecule has 2 atom stereocenters. The number of benzene rings is 1. The van der Waals surface area contributed by atoms with E-state index >= 15 is 0 Å². The Bertz CT molecular complexity index is 413. The van der Waals surface area contributed by atoms with Crippen molar-refractivity contribution < 1.29 is 5.11 Å². The summed E-state index contributed by atoms with van der Waals surface area (Å²) in [4.78, 5) is 0. The molecule has 19 heavy (non-hydrogen) atoms. The van der Waals surface area contributed by atoms with Crippen molar-refractivity contribution in [3.8, 4) is 0 Å². The Morgan fingerprint density at radius 3 is 2.37 bits per heavy atom. The van der Waals surface area contributed by atoms with Crippen molar-refractivity contribution in [2.24, 2.45) is 0 Å². The molecule has 0 aromatic heterocycles. The number of rotatable bonds is 4. The van der Waals surface area contributed by atoms with Crippen LogP contribution < -0.4 is 5.32 Å². The van der Waals surface area contributed by atoms with Gasteiger partial charge < -0.3 is 10.4 Å². The van der Waals surface area contributed by atoms with Crippen LogP contribution in [0.2, 0.25) is 0 Å². The maximum Gasteiger partial charge on any atom is 0.0926 e. The first-order valence-corrected chi connectivity index (χ1v) is 7.77. The number of aryl methyl sites for hydroxylation is 1. The number of piperidine rings is 1. The largest absolute Gasteiger partial charge is 0.385 e. The summed E-state index contributed by atoms with van der Waals surface area (Å²) in [6.45, 7) is 2.22. The number of fused-ring (bicyclic) bond motifs is 2. The average molecular weight is 259 g/mol. The Balaban J connectivity index is 1.74. The summed E-state index contributed by atoms with van der Waals surface area (Å²) < 4.78 is 0. The predicted octanol–water partition coefficient (Wildman–Crippen LogP) is 3.13. The Morgan fingerprint density at radius 2 is 1.79 bits per heavy atom. The van der Waals surface area contributed by atoms with E-state index in [1.54, 1.807) is 0 Å². The molecule has 1 aromatic carbocycles. The number of unbranched alkanes of at least 4 members (excludes halogenated alkanes) is 1. The highest BCUT2D eigenvalue weighted by Crippen LogP contribution is 2.40. The fraction of sp³-hybridized carbons (Fsp3) is 0.647. The Kier molecular flexibility index (Phi) is 3.64. The second kappa shape index (κ2) is 5.26. The number of aliphatic hydroxyl groups is 1. The van der Waals surface area contributed by atoms with Gasteiger partial charge in [-0.1, -0.05) is 37.6 Å². The van der Waals surface area contributed by atoms with Crippen LogP contribution in [-0.4, -0.2) is 17.2 Å². The fourth-order valence-electron chi connectivity index (χ4n) is 3.72. The molecule has 2 aliphatic heterocycles. The zero-order valence-electron chi connectivity index (χ0n) is 11.9. The lowest BCUT2D eigenvalue weighted by Crippen LogP contribution is -2.46. The molecular weight excluding hydrogens is 234 g/mol. The van der Waals surface area contributed by atoms with E-state index in [0.717, 1.165) is 24.8 Å². The van der Waals surface area contributed by atoms with E-state index in [1.807, 2.05) is 0 Å². The van der Waals surface area contributed by atoms with Crippen LogP contribution in [0.4, 0.5) is 0 Å². The number of nitrogens with one attached hydrogen (secondary N) is 1. The standard InChI is InChI=1S/C17H25NO/c1-2-3-4-13-5-7-14(8-6-13)17(19)11-15-9-10-16(12-17)18-15/h5-8,15-16,18-19H,2-4,9-12H2,1H3. The smallest absolute Gasteiger partial charge is 0.0926 e. The highest BCUT2D eigenvalue weighted by molar-refractivity contribution is 5.29. The van der Waals surface area contributed by atoms with Gasteiger partial charge >= 0.3 is 0 Å². The van der Waals surface area contributed by atoms with E-state index in [-0.39, 0.29) is 0 Å². The van der Waals surface area contributed by atoms with Gasteiger partial charge in [0.2, 0.25) is 0 Å². The van der Waals surface area contributed by atoms with Crippen molar-refractivity contribution in [2.75, 3.05) is 0 Å². The summed E-state index contributed by atoms with van der Waals surface area (Å²) >= 11 is 0. The van der Waals surface area contributed by atoms with Gasteiger partial charge in [-0.3, -0.25) is 0 Å². The normalized spacial score (nSPS) is 33.6. The second-order valence-corrected chi connectivity index (χ2v) is 6.38. The van der Waals surface area contributed by atoms with Gasteiger partial charge in [0, 0.05) is 12.1 Å². The van der Waals surface area contributed by atoms with E-state index < -0.39 is 5.60 Å². The number of hydrogen-bond donors (Lipinski definition) is 2. The zero-order chi connectivity index (χ0) is 13.3. The minimum Gasteiger partial charge on any atom is -0.385 e. The summed E-state index contributed by atoms with van der Waals surface area (Å²) in [5.41, 5.74) is 1.91. The third-order valence-corrected chi connectivity index (χ3v) is 4.81. The molecule has 2 fully saturated rings. The van der Waals surface area contributed by atoms with Gasteiger partial charge in [0.15, 0.2) is 0 Å². The molecule has 0 aliphatic carbocycles. The van der Waals surface area contributed by atoms with Gasteiger partial charge in [-0.15, -0.1) is 0 Å². The molecule has 0 saturated carbocycles. The molecule has 0 spiro atoms. The number of hydrogen-bond acceptors (Lipinski definition) is 2. The van der Waals surface area contributed by atoms with E-state index in [0.29, 0.717) is 12.1 Å². The molecule has 0 amide bonds. The lowest BCUT2D eigenvalue weighted by Gasteiger charge is -2.37. The van der Waals surface area contributed by atoms with E-state index in [2.05, 4.69) is 36.5 Å². The first-order chi connectivity index (χ1) is 9.19. The van der Waals surface area contributed by atoms with Gasteiger partial charge in [0.1, 0.15) is 0 Å². The molecule has 2 aliphatic rings. The lowest BCUT2D eigenvalue weighted by atomic mass is 9.81. The summed E-state index contributed by atoms with van der Waals surface area (Å²) in [6, 6.07) is 9.73. The third kappa shape index (κ3) is 2.70. The first kappa shape index (κ1) is 13.1. The van der Waals surface area contributed by atoms with Crippen LogP contribution >= 0.6 is 0 Å². The van der Waals surface area contributed by atoms with Gasteiger partial charge in [0.05, 0.1) is 5.60 Å². The van der Waals surface area contributed by atoms with Gasteiger partial charge in [0.25, 0.3) is 0 Å². The minimum absolute atomic E-state index is 0.517. The van der Waals surface area contributed by atoms with Crippen LogP contribution in [0.25, 0.3) is 0 Å². The Hall–Kier alpha value is -0.860. The van der Waals surface area contributed by atoms with Crippen LogP contribution in [0.5, 0.6) is 0 Å². The van der Waals surface area contributed by atoms with Crippen molar-refractivity contribution >= 4 is 0 Å². The molecule has 2 heteroatoms. The van der Waals surface area contributed by atoms with Crippen LogP contribution in [-0.2, 0) is 12.0 Å². The fourth-order valence-corrected chi connectivity index (χ4v) is 3.72. The second-order valence-electron chi connectivity index (χ2n) is 6.38. The molecule has 104 valence electrons. The van der Waals surface area contributed by atoms with Gasteiger partial charge in [-0.2, -0.15) is 0 Å². The molecule has 2 N–H and O–H groups in total. The molecular formula is C17H25NO. The van der Waals surface area contributed by atoms with Crippen molar-refractivity contribution in [1.82, 2.24) is 5.32 Å². The van der Waals surface area contributed by atoms with E-state index in [9.17, 15) is 5.11 Å². The SMILES string of the molecule is CCCCc1ccc(C2(O)CC3CCC(C2)N3)cc1. The van der Waals surface area contributed by atoms with E-state index in [4.69, 9.17) is 0 Å². The summed E-state index contributed by atoms with van der Waals surface area (Å²) in [5, 5.41) is 14.5. The van der Waals surface area contributed by atoms with Gasteiger partial charge in [-0.05, 0) is 49.7 Å². The molecule has 3 rings (SSSR count). The quantitative estimate of drug-likeness (QED) is 0.870. The summed E-state index contributed by atoms with van der Waals surface area (Å²) in [5.74, 6) is 0. The maximum atomic E-state index is 11.0. The van der Waals surface area contributed by atoms with Crippen LogP contribution in [0.15, 0.2) is 24.3 Å². The molecule has 2 saturated heterocycles. The zero-order valence-corrected chi connectivity index (χ0v) is 11.9. The van der Waals surface area contributed by atoms with Crippen molar-refractivity contribution in [3.05, 3.63) is 35.4 Å². The Morgan fingerprint density at radius 1 is 1.16 bits per heavy atom. The molecule has 2 heterocycles. The minimum atomic E-state index is -0.597. The molecule has 2 nitrogen and oxygen atoms in total. The van der Waals surface area contributed by atoms with Crippen LogP contribution in [0.3, 0.4) is 0 Å². The molecule has 2 bridgehead atoms. The molecule has 1 aromatic rings. The molecule has 2 unspecified atom stereocenters.